The smallest absolute Gasteiger partial charge is 0.399 e. The number of carbonyl (C=O) groups excluding carboxylic acids is 1. The van der Waals surface area contributed by atoms with Gasteiger partial charge in [0, 0.05) is 23.1 Å². The number of benzene rings is 2. The lowest BCUT2D eigenvalue weighted by Crippen LogP contribution is -2.14. The summed E-state index contributed by atoms with van der Waals surface area (Å²) in [6, 6.07) is 10.2. The van der Waals surface area contributed by atoms with E-state index >= 15 is 0 Å². The van der Waals surface area contributed by atoms with Crippen molar-refractivity contribution in [3.05, 3.63) is 76.0 Å². The van der Waals surface area contributed by atoms with Crippen molar-refractivity contribution < 1.29 is 37.6 Å². The molecule has 0 unspecified atom stereocenters. The molecule has 12 heteroatoms. The minimum absolute atomic E-state index is 0.00396. The van der Waals surface area contributed by atoms with Gasteiger partial charge in [-0.15, -0.1) is 0 Å². The quantitative estimate of drug-likeness (QED) is 0.208. The lowest BCUT2D eigenvalue weighted by Gasteiger charge is -2.18. The van der Waals surface area contributed by atoms with E-state index in [0.717, 1.165) is 24.3 Å². The molecule has 1 heterocycles. The molecule has 0 saturated carbocycles. The van der Waals surface area contributed by atoms with Gasteiger partial charge in [-0.2, -0.15) is 8.78 Å². The number of fused-ring (bicyclic) bond motifs is 1. The third-order valence-corrected chi connectivity index (χ3v) is 4.86. The summed E-state index contributed by atoms with van der Waals surface area (Å²) in [6.45, 7) is 0. The van der Waals surface area contributed by atoms with Crippen molar-refractivity contribution in [2.24, 2.45) is 0 Å². The van der Waals surface area contributed by atoms with E-state index in [4.69, 9.17) is 14.5 Å². The number of nitrogens with zero attached hydrogens (tertiary/aromatic N) is 2. The topological polar surface area (TPSA) is 140 Å². The normalized spacial score (nSPS) is 12.0. The number of nitro benzene ring substituents is 1. The first-order chi connectivity index (χ1) is 13.5. The van der Waals surface area contributed by atoms with Gasteiger partial charge < -0.3 is 14.5 Å². The first-order valence-electron chi connectivity index (χ1n) is 7.80. The van der Waals surface area contributed by atoms with Gasteiger partial charge in [-0.05, 0) is 24.3 Å². The number of esters is 1. The lowest BCUT2D eigenvalue weighted by molar-refractivity contribution is -0.384. The molecule has 2 N–H and O–H groups in total. The third kappa shape index (κ3) is 4.11. The molecule has 2 aromatic carbocycles. The van der Waals surface area contributed by atoms with Crippen LogP contribution in [0.4, 0.5) is 14.5 Å². The Hall–Kier alpha value is -3.27. The number of pyridine rings is 1. The Kier molecular flexibility index (Phi) is 5.14. The molecule has 1 aromatic heterocycles. The minimum atomic E-state index is -5.76. The maximum absolute atomic E-state index is 13.9. The second-order valence-electron chi connectivity index (χ2n) is 5.83. The standard InChI is InChI=1S/C17H11F2N2O7P/c18-17(19,29(25,26)27)11-3-1-10-2-8-14(20-15(10)9-11)16(22)28-13-6-4-12(5-7-13)21(23)24/h1-9H,(H2,25,26,27). The van der Waals surface area contributed by atoms with Crippen LogP contribution < -0.4 is 4.74 Å². The number of nitro groups is 1. The number of aromatic nitrogens is 1. The largest absolute Gasteiger partial charge is 0.422 e. The first kappa shape index (κ1) is 20.5. The molecule has 3 rings (SSSR count). The Morgan fingerprint density at radius 3 is 2.31 bits per heavy atom. The molecule has 0 aliphatic rings. The van der Waals surface area contributed by atoms with Gasteiger partial charge in [0.1, 0.15) is 11.4 Å². The van der Waals surface area contributed by atoms with E-state index < -0.39 is 29.7 Å². The molecule has 0 aliphatic carbocycles. The van der Waals surface area contributed by atoms with Crippen molar-refractivity contribution in [1.29, 1.82) is 0 Å². The van der Waals surface area contributed by atoms with Crippen molar-refractivity contribution in [3.63, 3.8) is 0 Å². The highest BCUT2D eigenvalue weighted by Gasteiger charge is 2.50. The Morgan fingerprint density at radius 2 is 1.72 bits per heavy atom. The minimum Gasteiger partial charge on any atom is -0.422 e. The number of rotatable bonds is 5. The maximum atomic E-state index is 13.9. The van der Waals surface area contributed by atoms with Crippen molar-refractivity contribution in [2.45, 2.75) is 5.66 Å². The summed E-state index contributed by atoms with van der Waals surface area (Å²) < 4.78 is 43.9. The molecule has 0 fully saturated rings. The average Bonchev–Trinajstić information content (AvgIpc) is 2.66. The molecular weight excluding hydrogens is 413 g/mol. The Balaban J connectivity index is 1.90. The van der Waals surface area contributed by atoms with Crippen LogP contribution >= 0.6 is 7.60 Å². The number of non-ortho nitro benzene ring substituents is 1. The van der Waals surface area contributed by atoms with Gasteiger partial charge in [0.15, 0.2) is 0 Å². The second-order valence-corrected chi connectivity index (χ2v) is 7.48. The maximum Gasteiger partial charge on any atom is 0.399 e. The zero-order valence-electron chi connectivity index (χ0n) is 14.2. The lowest BCUT2D eigenvalue weighted by atomic mass is 10.1. The van der Waals surface area contributed by atoms with E-state index in [1.165, 1.54) is 30.3 Å². The zero-order valence-corrected chi connectivity index (χ0v) is 15.1. The number of hydrogen-bond acceptors (Lipinski definition) is 6. The summed E-state index contributed by atoms with van der Waals surface area (Å²) >= 11 is 0. The fraction of sp³-hybridized carbons (Fsp3) is 0.0588. The van der Waals surface area contributed by atoms with Crippen molar-refractivity contribution >= 4 is 30.2 Å². The van der Waals surface area contributed by atoms with E-state index in [2.05, 4.69) is 4.98 Å². The summed E-state index contributed by atoms with van der Waals surface area (Å²) in [4.78, 5) is 43.8. The predicted molar refractivity (Wildman–Crippen MR) is 95.7 cm³/mol. The van der Waals surface area contributed by atoms with E-state index in [0.29, 0.717) is 5.39 Å². The zero-order chi connectivity index (χ0) is 21.4. The molecule has 3 aromatic rings. The van der Waals surface area contributed by atoms with Gasteiger partial charge in [-0.25, -0.2) is 9.78 Å². The summed E-state index contributed by atoms with van der Waals surface area (Å²) in [5.74, 6) is -0.947. The van der Waals surface area contributed by atoms with Crippen LogP contribution in [0.3, 0.4) is 0 Å². The van der Waals surface area contributed by atoms with Gasteiger partial charge in [0.05, 0.1) is 10.4 Å². The molecule has 0 bridgehead atoms. The van der Waals surface area contributed by atoms with E-state index in [1.54, 1.807) is 0 Å². The van der Waals surface area contributed by atoms with Crippen molar-refractivity contribution in [2.75, 3.05) is 0 Å². The summed E-state index contributed by atoms with van der Waals surface area (Å²) in [5.41, 5.74) is -5.93. The van der Waals surface area contributed by atoms with Crippen LogP contribution in [0, 0.1) is 10.1 Å². The highest BCUT2D eigenvalue weighted by Crippen LogP contribution is 2.59. The molecule has 0 atom stereocenters. The fourth-order valence-electron chi connectivity index (χ4n) is 2.38. The number of carbonyl (C=O) groups is 1. The number of hydrogen-bond donors (Lipinski definition) is 2. The highest BCUT2D eigenvalue weighted by atomic mass is 31.2. The van der Waals surface area contributed by atoms with Crippen LogP contribution in [0.5, 0.6) is 5.75 Å². The molecule has 0 saturated heterocycles. The molecule has 0 amide bonds. The number of alkyl halides is 2. The average molecular weight is 424 g/mol. The summed E-state index contributed by atoms with van der Waals surface area (Å²) in [7, 11) is -5.76. The molecule has 150 valence electrons. The molecule has 0 aliphatic heterocycles. The summed E-state index contributed by atoms with van der Waals surface area (Å²) in [5, 5.41) is 11.0. The summed E-state index contributed by atoms with van der Waals surface area (Å²) in [6.07, 6.45) is 0. The van der Waals surface area contributed by atoms with Gasteiger partial charge in [-0.1, -0.05) is 18.2 Å². The van der Waals surface area contributed by atoms with Gasteiger partial charge >= 0.3 is 19.2 Å². The van der Waals surface area contributed by atoms with Crippen LogP contribution in [-0.2, 0) is 10.2 Å². The monoisotopic (exact) mass is 424 g/mol. The van der Waals surface area contributed by atoms with Crippen molar-refractivity contribution in [3.8, 4) is 5.75 Å². The van der Waals surface area contributed by atoms with Gasteiger partial charge in [-0.3, -0.25) is 14.7 Å². The Labute approximate surface area is 160 Å². The first-order valence-corrected chi connectivity index (χ1v) is 9.41. The molecule has 0 radical (unpaired) electrons. The Bertz CT molecular complexity index is 1160. The SMILES string of the molecule is O=C(Oc1ccc([N+](=O)[O-])cc1)c1ccc2ccc(C(F)(F)P(=O)(O)O)cc2n1. The molecule has 0 spiro atoms. The van der Waals surface area contributed by atoms with E-state index in [-0.39, 0.29) is 22.6 Å². The van der Waals surface area contributed by atoms with Crippen LogP contribution in [-0.4, -0.2) is 25.7 Å². The Morgan fingerprint density at radius 1 is 1.10 bits per heavy atom. The van der Waals surface area contributed by atoms with E-state index in [9.17, 15) is 28.3 Å². The highest BCUT2D eigenvalue weighted by molar-refractivity contribution is 7.52. The van der Waals surface area contributed by atoms with Crippen LogP contribution in [0.25, 0.3) is 10.9 Å². The van der Waals surface area contributed by atoms with Crippen molar-refractivity contribution in [1.82, 2.24) is 4.98 Å². The van der Waals surface area contributed by atoms with Gasteiger partial charge in [0.2, 0.25) is 0 Å². The second kappa shape index (κ2) is 7.28. The van der Waals surface area contributed by atoms with E-state index in [1.807, 2.05) is 0 Å². The molecule has 29 heavy (non-hydrogen) atoms. The van der Waals surface area contributed by atoms with Crippen LogP contribution in [0.15, 0.2) is 54.6 Å². The molecular formula is C17H11F2N2O7P. The number of ether oxygens (including phenoxy) is 1. The third-order valence-electron chi connectivity index (χ3n) is 3.87. The predicted octanol–water partition coefficient (Wildman–Crippen LogP) is 3.59. The molecule has 9 nitrogen and oxygen atoms in total. The van der Waals surface area contributed by atoms with Crippen LogP contribution in [0.2, 0.25) is 0 Å². The fourth-order valence-corrected chi connectivity index (χ4v) is 2.86. The van der Waals surface area contributed by atoms with Crippen LogP contribution in [0.1, 0.15) is 16.1 Å². The number of halogens is 2. The van der Waals surface area contributed by atoms with Gasteiger partial charge in [0.25, 0.3) is 5.69 Å².